The molecule has 4 atom stereocenters. The Balaban J connectivity index is 4.40. The van der Waals surface area contributed by atoms with Crippen LogP contribution in [0.3, 0.4) is 0 Å². The molecule has 4 unspecified atom stereocenters. The van der Waals surface area contributed by atoms with Gasteiger partial charge in [0.2, 0.25) is 0 Å². The molecule has 0 aliphatic heterocycles. The average Bonchev–Trinajstić information content (AvgIpc) is 2.89. The topological polar surface area (TPSA) is 72.5 Å². The van der Waals surface area contributed by atoms with Crippen molar-refractivity contribution in [1.29, 1.82) is 0 Å². The smallest absolute Gasteiger partial charge is 0.434 e. The van der Waals surface area contributed by atoms with Crippen LogP contribution in [0.1, 0.15) is 118 Å². The van der Waals surface area contributed by atoms with Crippen LogP contribution in [0, 0.1) is 0 Å². The van der Waals surface area contributed by atoms with E-state index in [4.69, 9.17) is 28.4 Å². The molecule has 0 bridgehead atoms. The lowest BCUT2D eigenvalue weighted by Gasteiger charge is -2.22. The molecule has 216 valence electrons. The van der Waals surface area contributed by atoms with Gasteiger partial charge in [0, 0.05) is 27.1 Å². The minimum atomic E-state index is -0.615. The molecule has 0 saturated heterocycles. The number of ether oxygens (including phenoxy) is 6. The lowest BCUT2D eigenvalue weighted by atomic mass is 10.1. The predicted octanol–water partition coefficient (Wildman–Crippen LogP) is 7.48. The molecule has 7 heteroatoms. The molecular formula is C29H58O7. The van der Waals surface area contributed by atoms with Gasteiger partial charge >= 0.3 is 6.16 Å². The first-order valence-electron chi connectivity index (χ1n) is 14.6. The van der Waals surface area contributed by atoms with Gasteiger partial charge in [0.25, 0.3) is 0 Å². The molecule has 0 saturated carbocycles. The standard InChI is InChI=1S/C29H58O7/c1-7-11-13-15-17-27(35-23-25(9-3)31-5)19-21-33-29(30)34-22-20-28(18-16-14-12-8-2)36-24-26(10-4)32-6/h25-28H,7-24H2,1-6H3. The number of methoxy groups -OCH3 is 2. The molecule has 0 N–H and O–H groups in total. The van der Waals surface area contributed by atoms with Crippen LogP contribution in [-0.4, -0.2) is 71.2 Å². The lowest BCUT2D eigenvalue weighted by Crippen LogP contribution is -2.25. The molecule has 7 nitrogen and oxygen atoms in total. The molecule has 0 aromatic carbocycles. The van der Waals surface area contributed by atoms with E-state index in [9.17, 15) is 4.79 Å². The molecule has 0 amide bonds. The summed E-state index contributed by atoms with van der Waals surface area (Å²) in [7, 11) is 3.43. The molecule has 0 spiro atoms. The summed E-state index contributed by atoms with van der Waals surface area (Å²) in [6.07, 6.45) is 14.3. The summed E-state index contributed by atoms with van der Waals surface area (Å²) in [5, 5.41) is 0. The average molecular weight is 519 g/mol. The monoisotopic (exact) mass is 518 g/mol. The number of hydrogen-bond acceptors (Lipinski definition) is 7. The van der Waals surface area contributed by atoms with Crippen molar-refractivity contribution in [3.8, 4) is 0 Å². The second-order valence-corrected chi connectivity index (χ2v) is 9.67. The summed E-state index contributed by atoms with van der Waals surface area (Å²) in [4.78, 5) is 12.2. The van der Waals surface area contributed by atoms with Gasteiger partial charge in [-0.05, 0) is 25.7 Å². The van der Waals surface area contributed by atoms with E-state index in [1.165, 1.54) is 38.5 Å². The van der Waals surface area contributed by atoms with E-state index in [1.807, 2.05) is 0 Å². The van der Waals surface area contributed by atoms with Crippen LogP contribution in [-0.2, 0) is 28.4 Å². The maximum atomic E-state index is 12.2. The number of unbranched alkanes of at least 4 members (excludes halogenated alkanes) is 6. The highest BCUT2D eigenvalue weighted by Gasteiger charge is 2.16. The molecule has 0 fully saturated rings. The van der Waals surface area contributed by atoms with Crippen molar-refractivity contribution >= 4 is 6.16 Å². The second-order valence-electron chi connectivity index (χ2n) is 9.67. The zero-order valence-corrected chi connectivity index (χ0v) is 24.4. The number of rotatable bonds is 26. The van der Waals surface area contributed by atoms with Gasteiger partial charge in [-0.1, -0.05) is 79.1 Å². The third-order valence-corrected chi connectivity index (χ3v) is 6.69. The van der Waals surface area contributed by atoms with E-state index in [0.717, 1.165) is 38.5 Å². The molecule has 36 heavy (non-hydrogen) atoms. The van der Waals surface area contributed by atoms with Gasteiger partial charge in [0.05, 0.1) is 50.8 Å². The molecular weight excluding hydrogens is 460 g/mol. The third-order valence-electron chi connectivity index (χ3n) is 6.69. The third kappa shape index (κ3) is 20.2. The largest absolute Gasteiger partial charge is 0.508 e. The first-order chi connectivity index (χ1) is 17.5. The molecule has 0 radical (unpaired) electrons. The van der Waals surface area contributed by atoms with E-state index >= 15 is 0 Å². The summed E-state index contributed by atoms with van der Waals surface area (Å²) >= 11 is 0. The van der Waals surface area contributed by atoms with Crippen LogP contribution in [0.4, 0.5) is 4.79 Å². The first kappa shape index (κ1) is 35.1. The van der Waals surface area contributed by atoms with Crippen molar-refractivity contribution in [2.45, 2.75) is 142 Å². The predicted molar refractivity (Wildman–Crippen MR) is 146 cm³/mol. The van der Waals surface area contributed by atoms with Gasteiger partial charge in [-0.15, -0.1) is 0 Å². The summed E-state index contributed by atoms with van der Waals surface area (Å²) in [5.74, 6) is 0. The van der Waals surface area contributed by atoms with Crippen LogP contribution < -0.4 is 0 Å². The normalized spacial score (nSPS) is 14.8. The van der Waals surface area contributed by atoms with Crippen molar-refractivity contribution in [3.63, 3.8) is 0 Å². The van der Waals surface area contributed by atoms with Crippen LogP contribution >= 0.6 is 0 Å². The first-order valence-corrected chi connectivity index (χ1v) is 14.6. The van der Waals surface area contributed by atoms with Crippen molar-refractivity contribution in [2.24, 2.45) is 0 Å². The fourth-order valence-corrected chi connectivity index (χ4v) is 4.00. The molecule has 0 aromatic rings. The summed E-state index contributed by atoms with van der Waals surface area (Å²) < 4.78 is 33.8. The zero-order chi connectivity index (χ0) is 26.9. The van der Waals surface area contributed by atoms with Gasteiger partial charge < -0.3 is 28.4 Å². The maximum Gasteiger partial charge on any atom is 0.508 e. The van der Waals surface area contributed by atoms with Crippen molar-refractivity contribution in [1.82, 2.24) is 0 Å². The Morgan fingerprint density at radius 1 is 0.556 bits per heavy atom. The highest BCUT2D eigenvalue weighted by atomic mass is 16.7. The SMILES string of the molecule is CCCCCCC(CCOC(=O)OCCC(CCCCCC)OCC(CC)OC)OCC(CC)OC. The fourth-order valence-electron chi connectivity index (χ4n) is 4.00. The van der Waals surface area contributed by atoms with Crippen molar-refractivity contribution < 1.29 is 33.2 Å². The van der Waals surface area contributed by atoms with Gasteiger partial charge in [0.1, 0.15) is 0 Å². The minimum absolute atomic E-state index is 0.0621. The Morgan fingerprint density at radius 3 is 1.31 bits per heavy atom. The highest BCUT2D eigenvalue weighted by Crippen LogP contribution is 2.15. The van der Waals surface area contributed by atoms with E-state index in [-0.39, 0.29) is 24.4 Å². The Hall–Kier alpha value is -0.890. The van der Waals surface area contributed by atoms with Gasteiger partial charge in [-0.25, -0.2) is 4.79 Å². The van der Waals surface area contributed by atoms with E-state index in [0.29, 0.717) is 39.3 Å². The number of carbonyl (C=O) groups excluding carboxylic acids is 1. The lowest BCUT2D eigenvalue weighted by molar-refractivity contribution is -0.0465. The van der Waals surface area contributed by atoms with E-state index < -0.39 is 6.16 Å². The Labute approximate surface area is 222 Å². The van der Waals surface area contributed by atoms with Crippen molar-refractivity contribution in [3.05, 3.63) is 0 Å². The Morgan fingerprint density at radius 2 is 0.972 bits per heavy atom. The van der Waals surface area contributed by atoms with Crippen LogP contribution in [0.5, 0.6) is 0 Å². The molecule has 0 aliphatic rings. The maximum absolute atomic E-state index is 12.2. The number of hydrogen-bond donors (Lipinski definition) is 0. The van der Waals surface area contributed by atoms with Crippen molar-refractivity contribution in [2.75, 3.05) is 40.6 Å². The van der Waals surface area contributed by atoms with Crippen LogP contribution in [0.25, 0.3) is 0 Å². The highest BCUT2D eigenvalue weighted by molar-refractivity contribution is 5.59. The summed E-state index contributed by atoms with van der Waals surface area (Å²) in [6.45, 7) is 10.3. The molecule has 0 rings (SSSR count). The summed E-state index contributed by atoms with van der Waals surface area (Å²) in [6, 6.07) is 0. The minimum Gasteiger partial charge on any atom is -0.434 e. The Bertz CT molecular complexity index is 427. The van der Waals surface area contributed by atoms with Gasteiger partial charge in [0.15, 0.2) is 0 Å². The number of carbonyl (C=O) groups is 1. The fraction of sp³-hybridized carbons (Fsp3) is 0.966. The zero-order valence-electron chi connectivity index (χ0n) is 24.4. The van der Waals surface area contributed by atoms with E-state index in [1.54, 1.807) is 14.2 Å². The van der Waals surface area contributed by atoms with Gasteiger partial charge in [-0.2, -0.15) is 0 Å². The van der Waals surface area contributed by atoms with Crippen LogP contribution in [0.15, 0.2) is 0 Å². The second kappa shape index (κ2) is 25.7. The van der Waals surface area contributed by atoms with Gasteiger partial charge in [-0.3, -0.25) is 0 Å². The Kier molecular flexibility index (Phi) is 25.1. The summed E-state index contributed by atoms with van der Waals surface area (Å²) in [5.41, 5.74) is 0. The van der Waals surface area contributed by atoms with E-state index in [2.05, 4.69) is 27.7 Å². The molecule has 0 heterocycles. The molecule has 0 aromatic heterocycles. The quantitative estimate of drug-likeness (QED) is 0.0868. The van der Waals surface area contributed by atoms with Crippen LogP contribution in [0.2, 0.25) is 0 Å². The molecule has 0 aliphatic carbocycles.